The lowest BCUT2D eigenvalue weighted by Gasteiger charge is -2.36. The van der Waals surface area contributed by atoms with Crippen LogP contribution in [0, 0.1) is 17.3 Å². The first-order valence-electron chi connectivity index (χ1n) is 22.8. The molecular formula is C51H67N7O7. The van der Waals surface area contributed by atoms with Crippen LogP contribution in [0.5, 0.6) is 0 Å². The van der Waals surface area contributed by atoms with Crippen molar-refractivity contribution in [2.24, 2.45) is 17.3 Å². The highest BCUT2D eigenvalue weighted by Crippen LogP contribution is 2.42. The summed E-state index contributed by atoms with van der Waals surface area (Å²) in [6.45, 7) is 18.2. The third-order valence-corrected chi connectivity index (χ3v) is 12.7. The molecule has 0 saturated carbocycles. The average molecular weight is 890 g/mol. The van der Waals surface area contributed by atoms with Crippen molar-refractivity contribution in [3.8, 4) is 22.4 Å². The van der Waals surface area contributed by atoms with Gasteiger partial charge in [-0.05, 0) is 106 Å². The van der Waals surface area contributed by atoms with E-state index in [1.807, 2.05) is 64.2 Å². The number of hydrogen-bond donors (Lipinski definition) is 2. The summed E-state index contributed by atoms with van der Waals surface area (Å²) in [5.41, 5.74) is 10.9. The van der Waals surface area contributed by atoms with Gasteiger partial charge < -0.3 is 29.1 Å². The fraction of sp³-hybridized carbons (Fsp3) is 0.490. The van der Waals surface area contributed by atoms with E-state index in [9.17, 15) is 24.0 Å². The molecule has 4 aromatic rings. The molecule has 0 aliphatic carbocycles. The summed E-state index contributed by atoms with van der Waals surface area (Å²) in [4.78, 5) is 70.9. The van der Waals surface area contributed by atoms with Crippen molar-refractivity contribution < 1.29 is 33.4 Å². The van der Waals surface area contributed by atoms with Crippen LogP contribution in [0.3, 0.4) is 0 Å². The number of amides is 3. The topological polar surface area (TPSA) is 155 Å². The van der Waals surface area contributed by atoms with Crippen LogP contribution in [0.4, 0.5) is 0 Å². The Morgan fingerprint density at radius 2 is 1.82 bits per heavy atom. The number of carbonyl (C=O) groups is 5. The van der Waals surface area contributed by atoms with E-state index >= 15 is 0 Å². The van der Waals surface area contributed by atoms with Gasteiger partial charge in [0.05, 0.1) is 30.1 Å². The number of methoxy groups -OCH3 is 1. The highest BCUT2D eigenvalue weighted by Gasteiger charge is 2.37. The third-order valence-electron chi connectivity index (χ3n) is 12.7. The van der Waals surface area contributed by atoms with Gasteiger partial charge in [-0.15, -0.1) is 0 Å². The number of benzene rings is 2. The number of aldehydes is 1. The number of nitrogens with zero attached hydrogens (tertiary/aromatic N) is 5. The van der Waals surface area contributed by atoms with Crippen LogP contribution in [0.2, 0.25) is 0 Å². The lowest BCUT2D eigenvalue weighted by Crippen LogP contribution is -2.61. The molecule has 3 aliphatic rings. The summed E-state index contributed by atoms with van der Waals surface area (Å²) >= 11 is 0. The molecule has 2 aromatic carbocycles. The van der Waals surface area contributed by atoms with Gasteiger partial charge in [-0.25, -0.2) is 5.43 Å². The number of ether oxygens (including phenoxy) is 2. The highest BCUT2D eigenvalue weighted by molar-refractivity contribution is 5.96. The number of carbonyl (C=O) groups excluding carboxylic acids is 5. The van der Waals surface area contributed by atoms with E-state index < -0.39 is 29.5 Å². The molecule has 7 rings (SSSR count). The van der Waals surface area contributed by atoms with Crippen molar-refractivity contribution in [1.82, 2.24) is 35.1 Å². The molecule has 65 heavy (non-hydrogen) atoms. The minimum atomic E-state index is -0.859. The summed E-state index contributed by atoms with van der Waals surface area (Å²) in [5, 5.41) is 5.73. The monoisotopic (exact) mass is 890 g/mol. The molecule has 3 aliphatic heterocycles. The molecule has 3 amide bonds. The molecule has 2 fully saturated rings. The van der Waals surface area contributed by atoms with Crippen LogP contribution in [0.25, 0.3) is 33.3 Å². The van der Waals surface area contributed by atoms with Gasteiger partial charge in [0.15, 0.2) is 0 Å². The lowest BCUT2D eigenvalue weighted by atomic mass is 9.84. The fourth-order valence-corrected chi connectivity index (χ4v) is 9.28. The van der Waals surface area contributed by atoms with Crippen molar-refractivity contribution in [3.63, 3.8) is 0 Å². The molecule has 14 nitrogen and oxygen atoms in total. The first-order chi connectivity index (χ1) is 31.0. The van der Waals surface area contributed by atoms with E-state index in [1.165, 1.54) is 11.1 Å². The summed E-state index contributed by atoms with van der Waals surface area (Å²) in [6.07, 6.45) is 5.81. The molecule has 14 heteroatoms. The highest BCUT2D eigenvalue weighted by atomic mass is 16.5. The second-order valence-electron chi connectivity index (χ2n) is 18.8. The predicted molar refractivity (Wildman–Crippen MR) is 252 cm³/mol. The van der Waals surface area contributed by atoms with Gasteiger partial charge in [-0.2, -0.15) is 0 Å². The van der Waals surface area contributed by atoms with Gasteiger partial charge in [0.2, 0.25) is 11.8 Å². The predicted octanol–water partition coefficient (Wildman–Crippen LogP) is 6.16. The summed E-state index contributed by atoms with van der Waals surface area (Å²) < 4.78 is 14.2. The van der Waals surface area contributed by atoms with Crippen molar-refractivity contribution in [3.05, 3.63) is 90.3 Å². The SMILES string of the molecule is C=CC(=O)N1CC(C=O)C1.CCn1c(-c2cccnc2C(C)OC)c2c3cc(ccc31)-c1cccc(c1)CC(NC(=O)C(C(C)C)N(C)C)C(=O)N1CCC[C@H](N1)C(=O)OCC(C)(C)C2. The Balaban J connectivity index is 0.000000618. The van der Waals surface area contributed by atoms with Crippen molar-refractivity contribution >= 4 is 40.9 Å². The van der Waals surface area contributed by atoms with Crippen molar-refractivity contribution in [2.75, 3.05) is 47.4 Å². The number of aromatic nitrogens is 2. The zero-order chi connectivity index (χ0) is 47.2. The zero-order valence-corrected chi connectivity index (χ0v) is 39.6. The van der Waals surface area contributed by atoms with E-state index in [4.69, 9.17) is 14.5 Å². The normalized spacial score (nSPS) is 19.9. The minimum absolute atomic E-state index is 0.0279. The quantitative estimate of drug-likeness (QED) is 0.108. The minimum Gasteiger partial charge on any atom is -0.464 e. The Morgan fingerprint density at radius 1 is 1.08 bits per heavy atom. The van der Waals surface area contributed by atoms with Crippen LogP contribution >= 0.6 is 0 Å². The first kappa shape index (κ1) is 48.7. The Kier molecular flexibility index (Phi) is 15.8. The van der Waals surface area contributed by atoms with Crippen molar-refractivity contribution in [1.29, 1.82) is 0 Å². The number of pyridine rings is 1. The molecule has 348 valence electrons. The molecule has 2 saturated heterocycles. The fourth-order valence-electron chi connectivity index (χ4n) is 9.28. The number of fused-ring (bicyclic) bond motifs is 6. The van der Waals surface area contributed by atoms with Gasteiger partial charge in [-0.1, -0.05) is 64.6 Å². The summed E-state index contributed by atoms with van der Waals surface area (Å²) in [7, 11) is 5.45. The average Bonchev–Trinajstić information content (AvgIpc) is 3.58. The number of aryl methyl sites for hydroxylation is 1. The number of nitrogens with one attached hydrogen (secondary N) is 2. The van der Waals surface area contributed by atoms with Gasteiger partial charge in [0.1, 0.15) is 18.4 Å². The largest absolute Gasteiger partial charge is 0.464 e. The van der Waals surface area contributed by atoms with E-state index in [0.29, 0.717) is 38.9 Å². The maximum Gasteiger partial charge on any atom is 0.324 e. The number of hydrazine groups is 1. The van der Waals surface area contributed by atoms with Gasteiger partial charge in [0, 0.05) is 73.7 Å². The lowest BCUT2D eigenvalue weighted by molar-refractivity contribution is -0.155. The molecule has 2 N–H and O–H groups in total. The summed E-state index contributed by atoms with van der Waals surface area (Å²) in [5.74, 6) is -0.884. The number of esters is 1. The van der Waals surface area contributed by atoms with Gasteiger partial charge in [-0.3, -0.25) is 34.1 Å². The number of likely N-dealkylation sites (tertiary alicyclic amines) is 1. The third kappa shape index (κ3) is 11.1. The van der Waals surface area contributed by atoms with Crippen LogP contribution < -0.4 is 10.7 Å². The van der Waals surface area contributed by atoms with Crippen LogP contribution in [0.15, 0.2) is 73.4 Å². The molecule has 5 heterocycles. The number of rotatable bonds is 10. The maximum absolute atomic E-state index is 14.3. The second kappa shape index (κ2) is 21.1. The maximum atomic E-state index is 14.3. The van der Waals surface area contributed by atoms with Gasteiger partial charge in [0.25, 0.3) is 5.91 Å². The molecule has 3 unspecified atom stereocenters. The zero-order valence-electron chi connectivity index (χ0n) is 39.6. The smallest absolute Gasteiger partial charge is 0.324 e. The Labute approximate surface area is 383 Å². The second-order valence-corrected chi connectivity index (χ2v) is 18.8. The van der Waals surface area contributed by atoms with Crippen LogP contribution in [-0.2, 0) is 52.8 Å². The van der Waals surface area contributed by atoms with E-state index in [0.717, 1.165) is 62.9 Å². The van der Waals surface area contributed by atoms with Crippen LogP contribution in [-0.4, -0.2) is 120 Å². The van der Waals surface area contributed by atoms with Gasteiger partial charge >= 0.3 is 5.97 Å². The number of hydrogen-bond acceptors (Lipinski definition) is 10. The number of likely N-dealkylation sites (N-methyl/N-ethyl adjacent to an activating group) is 1. The molecule has 4 atom stereocenters. The molecular weight excluding hydrogens is 823 g/mol. The van der Waals surface area contributed by atoms with E-state index in [1.54, 1.807) is 12.0 Å². The Morgan fingerprint density at radius 3 is 2.48 bits per heavy atom. The first-order valence-corrected chi connectivity index (χ1v) is 22.8. The molecule has 0 radical (unpaired) electrons. The molecule has 6 bridgehead atoms. The Hall–Kier alpha value is -5.70. The number of cyclic esters (lactones) is 1. The Bertz CT molecular complexity index is 2370. The molecule has 0 spiro atoms. The summed E-state index contributed by atoms with van der Waals surface area (Å²) in [6, 6.07) is 17.0. The van der Waals surface area contributed by atoms with Crippen molar-refractivity contribution in [2.45, 2.75) is 98.0 Å². The molecule has 2 aromatic heterocycles. The van der Waals surface area contributed by atoms with E-state index in [2.05, 4.69) is 79.1 Å². The van der Waals surface area contributed by atoms with Crippen LogP contribution in [0.1, 0.15) is 77.3 Å². The standard InChI is InChI=1S/C44H58N6O5.C7H9NO2/c1-10-49-37-19-18-31-24-33(37)34(40(49)32-16-12-20-45-38(32)28(4)54-9)25-44(5,6)26-55-43(53)35-17-13-21-50(47-35)42(52)36(23-29-14-11-15-30(31)22-29)46-41(51)39(27(2)3)48(7)8;1-2-7(10)8-3-6(4-8)5-9/h11-12,14-16,18-20,22,24,27-28,35-36,39,47H,10,13,17,21,23,25-26H2,1-9H3,(H,46,51);2,5-6H,1,3-4H2/t28?,35-,36?,39?;/m0./s1. The van der Waals surface area contributed by atoms with E-state index in [-0.39, 0.29) is 48.7 Å².